The molecule has 0 atom stereocenters. The number of thioether (sulfide) groups is 1. The lowest BCUT2D eigenvalue weighted by atomic mass is 10.2. The average Bonchev–Trinajstić information content (AvgIpc) is 2.18. The van der Waals surface area contributed by atoms with Crippen LogP contribution in [0.25, 0.3) is 0 Å². The van der Waals surface area contributed by atoms with Crippen LogP contribution < -0.4 is 4.72 Å². The Kier molecular flexibility index (Phi) is 4.46. The van der Waals surface area contributed by atoms with Crippen LogP contribution in [-0.2, 0) is 10.2 Å². The molecule has 1 fully saturated rings. The van der Waals surface area contributed by atoms with Crippen LogP contribution >= 0.6 is 11.8 Å². The standard InChI is InChI=1S/C9H20N2O2S2/c1-9(2,14-3)10-15(12,13)11-7-5-4-6-8-11/h10H,4-8H2,1-3H3. The molecular formula is C9H20N2O2S2. The van der Waals surface area contributed by atoms with Gasteiger partial charge < -0.3 is 0 Å². The van der Waals surface area contributed by atoms with E-state index in [-0.39, 0.29) is 0 Å². The number of nitrogens with zero attached hydrogens (tertiary/aromatic N) is 1. The molecule has 0 aromatic heterocycles. The van der Waals surface area contributed by atoms with E-state index >= 15 is 0 Å². The fourth-order valence-electron chi connectivity index (χ4n) is 1.52. The van der Waals surface area contributed by atoms with E-state index in [4.69, 9.17) is 0 Å². The molecule has 0 aromatic rings. The molecule has 0 amide bonds. The first-order valence-corrected chi connectivity index (χ1v) is 7.88. The van der Waals surface area contributed by atoms with E-state index in [0.29, 0.717) is 13.1 Å². The van der Waals surface area contributed by atoms with E-state index in [2.05, 4.69) is 4.72 Å². The first-order valence-electron chi connectivity index (χ1n) is 5.21. The van der Waals surface area contributed by atoms with Crippen molar-refractivity contribution in [3.05, 3.63) is 0 Å². The second kappa shape index (κ2) is 5.03. The summed E-state index contributed by atoms with van der Waals surface area (Å²) in [5.41, 5.74) is 0. The zero-order valence-corrected chi connectivity index (χ0v) is 11.2. The lowest BCUT2D eigenvalue weighted by molar-refractivity contribution is 0.338. The molecule has 90 valence electrons. The Hall–Kier alpha value is 0.220. The van der Waals surface area contributed by atoms with Crippen molar-refractivity contribution >= 4 is 22.0 Å². The van der Waals surface area contributed by atoms with Crippen molar-refractivity contribution in [3.8, 4) is 0 Å². The molecule has 0 radical (unpaired) electrons. The highest BCUT2D eigenvalue weighted by atomic mass is 32.2. The van der Waals surface area contributed by atoms with Crippen molar-refractivity contribution in [1.82, 2.24) is 9.03 Å². The van der Waals surface area contributed by atoms with E-state index < -0.39 is 15.1 Å². The summed E-state index contributed by atoms with van der Waals surface area (Å²) in [5.74, 6) is 0. The van der Waals surface area contributed by atoms with Crippen LogP contribution in [0.3, 0.4) is 0 Å². The molecule has 1 aliphatic heterocycles. The van der Waals surface area contributed by atoms with Gasteiger partial charge in [-0.15, -0.1) is 11.8 Å². The first kappa shape index (κ1) is 13.3. The predicted molar refractivity (Wildman–Crippen MR) is 65.1 cm³/mol. The average molecular weight is 252 g/mol. The SMILES string of the molecule is CSC(C)(C)NS(=O)(=O)N1CCCCC1. The van der Waals surface area contributed by atoms with Gasteiger partial charge in [0.2, 0.25) is 0 Å². The summed E-state index contributed by atoms with van der Waals surface area (Å²) >= 11 is 1.50. The second-order valence-electron chi connectivity index (χ2n) is 4.28. The quantitative estimate of drug-likeness (QED) is 0.770. The summed E-state index contributed by atoms with van der Waals surface area (Å²) in [6, 6.07) is 0. The Morgan fingerprint density at radius 3 is 2.20 bits per heavy atom. The van der Waals surface area contributed by atoms with Crippen LogP contribution in [0.2, 0.25) is 0 Å². The Bertz CT molecular complexity index is 295. The zero-order chi connectivity index (χ0) is 11.5. The second-order valence-corrected chi connectivity index (χ2v) is 7.38. The van der Waals surface area contributed by atoms with Crippen LogP contribution in [-0.4, -0.2) is 36.9 Å². The molecule has 1 N–H and O–H groups in total. The molecule has 1 rings (SSSR count). The van der Waals surface area contributed by atoms with Crippen LogP contribution in [0.15, 0.2) is 0 Å². The van der Waals surface area contributed by atoms with Gasteiger partial charge in [-0.1, -0.05) is 6.42 Å². The van der Waals surface area contributed by atoms with Gasteiger partial charge in [-0.25, -0.2) is 0 Å². The Labute approximate surface area is 97.0 Å². The number of nitrogens with one attached hydrogen (secondary N) is 1. The molecule has 1 aliphatic rings. The third-order valence-corrected chi connectivity index (χ3v) is 5.61. The van der Waals surface area contributed by atoms with Crippen LogP contribution in [0.4, 0.5) is 0 Å². The van der Waals surface area contributed by atoms with Gasteiger partial charge in [-0.05, 0) is 32.9 Å². The van der Waals surface area contributed by atoms with E-state index in [9.17, 15) is 8.42 Å². The maximum Gasteiger partial charge on any atom is 0.280 e. The summed E-state index contributed by atoms with van der Waals surface area (Å²) in [5, 5.41) is 0. The smallest absolute Gasteiger partial charge is 0.195 e. The monoisotopic (exact) mass is 252 g/mol. The fourth-order valence-corrected chi connectivity index (χ4v) is 3.66. The molecular weight excluding hydrogens is 232 g/mol. The molecule has 1 heterocycles. The Balaban J connectivity index is 2.65. The van der Waals surface area contributed by atoms with Crippen LogP contribution in [0.5, 0.6) is 0 Å². The third-order valence-electron chi connectivity index (χ3n) is 2.54. The lowest BCUT2D eigenvalue weighted by Gasteiger charge is -2.31. The fraction of sp³-hybridized carbons (Fsp3) is 1.00. The summed E-state index contributed by atoms with van der Waals surface area (Å²) in [6.45, 7) is 5.05. The number of hydrogen-bond donors (Lipinski definition) is 1. The molecule has 15 heavy (non-hydrogen) atoms. The summed E-state index contributed by atoms with van der Waals surface area (Å²) in [4.78, 5) is -0.434. The molecule has 0 spiro atoms. The van der Waals surface area contributed by atoms with E-state index in [1.165, 1.54) is 11.8 Å². The van der Waals surface area contributed by atoms with Gasteiger partial charge in [0.25, 0.3) is 10.2 Å². The molecule has 0 bridgehead atoms. The normalized spacial score (nSPS) is 20.5. The molecule has 0 aliphatic carbocycles. The summed E-state index contributed by atoms with van der Waals surface area (Å²) < 4.78 is 28.2. The van der Waals surface area contributed by atoms with Gasteiger partial charge in [-0.3, -0.25) is 0 Å². The highest BCUT2D eigenvalue weighted by Crippen LogP contribution is 2.21. The highest BCUT2D eigenvalue weighted by Gasteiger charge is 2.29. The molecule has 6 heteroatoms. The number of hydrogen-bond acceptors (Lipinski definition) is 3. The van der Waals surface area contributed by atoms with Gasteiger partial charge in [0.1, 0.15) is 0 Å². The van der Waals surface area contributed by atoms with Crippen molar-refractivity contribution in [2.45, 2.75) is 38.0 Å². The topological polar surface area (TPSA) is 49.4 Å². The van der Waals surface area contributed by atoms with E-state index in [0.717, 1.165) is 19.3 Å². The summed E-state index contributed by atoms with van der Waals surface area (Å²) in [6.07, 6.45) is 4.98. The minimum Gasteiger partial charge on any atom is -0.195 e. The molecule has 1 saturated heterocycles. The Morgan fingerprint density at radius 2 is 1.73 bits per heavy atom. The van der Waals surface area contributed by atoms with Crippen LogP contribution in [0.1, 0.15) is 33.1 Å². The van der Waals surface area contributed by atoms with Crippen molar-refractivity contribution < 1.29 is 8.42 Å². The summed E-state index contributed by atoms with van der Waals surface area (Å²) in [7, 11) is -3.29. The van der Waals surface area contributed by atoms with Gasteiger partial charge in [0.05, 0.1) is 4.87 Å². The van der Waals surface area contributed by atoms with Crippen molar-refractivity contribution in [2.24, 2.45) is 0 Å². The molecule has 0 aromatic carbocycles. The Morgan fingerprint density at radius 1 is 1.20 bits per heavy atom. The van der Waals surface area contributed by atoms with E-state index in [1.54, 1.807) is 4.31 Å². The maximum atomic E-state index is 12.0. The minimum atomic E-state index is -3.29. The molecule has 0 saturated carbocycles. The minimum absolute atomic E-state index is 0.434. The van der Waals surface area contributed by atoms with Crippen molar-refractivity contribution in [2.75, 3.05) is 19.3 Å². The first-order chi connectivity index (χ1) is 6.87. The highest BCUT2D eigenvalue weighted by molar-refractivity contribution is 8.00. The molecule has 4 nitrogen and oxygen atoms in total. The van der Waals surface area contributed by atoms with Gasteiger partial charge in [0, 0.05) is 13.1 Å². The maximum absolute atomic E-state index is 12.0. The van der Waals surface area contributed by atoms with Crippen molar-refractivity contribution in [3.63, 3.8) is 0 Å². The largest absolute Gasteiger partial charge is 0.280 e. The lowest BCUT2D eigenvalue weighted by Crippen LogP contribution is -2.50. The van der Waals surface area contributed by atoms with E-state index in [1.807, 2.05) is 20.1 Å². The van der Waals surface area contributed by atoms with Gasteiger partial charge in [0.15, 0.2) is 0 Å². The number of rotatable bonds is 4. The zero-order valence-electron chi connectivity index (χ0n) is 9.62. The molecule has 0 unspecified atom stereocenters. The van der Waals surface area contributed by atoms with Crippen LogP contribution in [0, 0.1) is 0 Å². The van der Waals surface area contributed by atoms with Crippen molar-refractivity contribution in [1.29, 1.82) is 0 Å². The van der Waals surface area contributed by atoms with Gasteiger partial charge in [-0.2, -0.15) is 17.4 Å². The van der Waals surface area contributed by atoms with Gasteiger partial charge >= 0.3 is 0 Å². The number of piperidine rings is 1. The predicted octanol–water partition coefficient (Wildman–Crippen LogP) is 1.41. The third kappa shape index (κ3) is 3.94.